The van der Waals surface area contributed by atoms with Gasteiger partial charge in [-0.05, 0) is 37.5 Å². The Morgan fingerprint density at radius 1 is 1.53 bits per heavy atom. The molecule has 1 aliphatic rings. The number of ether oxygens (including phenoxy) is 1. The summed E-state index contributed by atoms with van der Waals surface area (Å²) in [5.41, 5.74) is 7.07. The van der Waals surface area contributed by atoms with E-state index in [-0.39, 0.29) is 11.3 Å². The average molecular weight is 327 g/mol. The van der Waals surface area contributed by atoms with E-state index < -0.39 is 0 Å². The molecule has 0 saturated heterocycles. The van der Waals surface area contributed by atoms with Gasteiger partial charge in [0.2, 0.25) is 5.91 Å². The molecule has 1 amide bonds. The molecule has 1 aromatic rings. The summed E-state index contributed by atoms with van der Waals surface area (Å²) in [4.78, 5) is 12.4. The second kappa shape index (κ2) is 5.51. The Labute approximate surface area is 121 Å². The molecule has 104 valence electrons. The first-order valence-corrected chi connectivity index (χ1v) is 7.17. The van der Waals surface area contributed by atoms with E-state index in [1.54, 1.807) is 7.11 Å². The van der Waals surface area contributed by atoms with Crippen LogP contribution in [0.3, 0.4) is 0 Å². The summed E-state index contributed by atoms with van der Waals surface area (Å²) in [6, 6.07) is 3.80. The van der Waals surface area contributed by atoms with Crippen LogP contribution in [0.25, 0.3) is 0 Å². The maximum absolute atomic E-state index is 12.4. The first-order valence-electron chi connectivity index (χ1n) is 6.38. The van der Waals surface area contributed by atoms with Gasteiger partial charge in [0.25, 0.3) is 0 Å². The van der Waals surface area contributed by atoms with E-state index in [0.717, 1.165) is 35.0 Å². The van der Waals surface area contributed by atoms with Crippen molar-refractivity contribution in [2.75, 3.05) is 19.0 Å². The topological polar surface area (TPSA) is 64.3 Å². The molecule has 2 rings (SSSR count). The summed E-state index contributed by atoms with van der Waals surface area (Å²) >= 11 is 3.42. The van der Waals surface area contributed by atoms with Gasteiger partial charge in [-0.15, -0.1) is 0 Å². The molecule has 0 aromatic heterocycles. The summed E-state index contributed by atoms with van der Waals surface area (Å²) < 4.78 is 6.26. The molecule has 0 radical (unpaired) electrons. The summed E-state index contributed by atoms with van der Waals surface area (Å²) in [6.07, 6.45) is 2.81. The first kappa shape index (κ1) is 14.3. The number of hydrogen-bond donors (Lipinski definition) is 2. The van der Waals surface area contributed by atoms with Gasteiger partial charge < -0.3 is 15.8 Å². The number of halogens is 1. The minimum atomic E-state index is -0.384. The fourth-order valence-corrected chi connectivity index (χ4v) is 2.96. The molecule has 1 aliphatic carbocycles. The smallest absolute Gasteiger partial charge is 0.231 e. The molecule has 4 nitrogen and oxygen atoms in total. The number of benzene rings is 1. The van der Waals surface area contributed by atoms with Gasteiger partial charge in [-0.25, -0.2) is 0 Å². The summed E-state index contributed by atoms with van der Waals surface area (Å²) in [5, 5.41) is 2.99. The number of carbonyl (C=O) groups excluding carboxylic acids is 1. The van der Waals surface area contributed by atoms with Gasteiger partial charge in [-0.2, -0.15) is 0 Å². The number of rotatable bonds is 4. The lowest BCUT2D eigenvalue weighted by molar-refractivity contribution is -0.129. The van der Waals surface area contributed by atoms with Gasteiger partial charge in [-0.1, -0.05) is 22.4 Å². The first-order chi connectivity index (χ1) is 9.02. The molecule has 5 heteroatoms. The van der Waals surface area contributed by atoms with Gasteiger partial charge in [0.15, 0.2) is 0 Å². The number of methoxy groups -OCH3 is 1. The van der Waals surface area contributed by atoms with E-state index in [4.69, 9.17) is 10.5 Å². The Morgan fingerprint density at radius 2 is 2.21 bits per heavy atom. The normalized spacial score (nSPS) is 16.6. The summed E-state index contributed by atoms with van der Waals surface area (Å²) in [5.74, 6) is 0.664. The minimum absolute atomic E-state index is 0.00460. The Hall–Kier alpha value is -1.07. The molecule has 3 N–H and O–H groups in total. The Balaban J connectivity index is 2.26. The summed E-state index contributed by atoms with van der Waals surface area (Å²) in [7, 11) is 1.60. The molecule has 0 atom stereocenters. The zero-order chi connectivity index (χ0) is 14.0. The molecule has 19 heavy (non-hydrogen) atoms. The molecular weight excluding hydrogens is 308 g/mol. The number of nitrogens with two attached hydrogens (primary N) is 1. The maximum Gasteiger partial charge on any atom is 0.231 e. The number of amides is 1. The molecule has 1 saturated carbocycles. The van der Waals surface area contributed by atoms with Gasteiger partial charge >= 0.3 is 0 Å². The number of hydrogen-bond acceptors (Lipinski definition) is 3. The van der Waals surface area contributed by atoms with Gasteiger partial charge in [-0.3, -0.25) is 4.79 Å². The van der Waals surface area contributed by atoms with Crippen LogP contribution in [-0.4, -0.2) is 19.6 Å². The number of nitrogens with one attached hydrogen (secondary N) is 1. The van der Waals surface area contributed by atoms with Crippen LogP contribution in [0.4, 0.5) is 5.69 Å². The molecule has 1 fully saturated rings. The maximum atomic E-state index is 12.4. The summed E-state index contributed by atoms with van der Waals surface area (Å²) in [6.45, 7) is 2.34. The van der Waals surface area contributed by atoms with Crippen molar-refractivity contribution in [3.8, 4) is 5.75 Å². The van der Waals surface area contributed by atoms with E-state index in [1.807, 2.05) is 19.1 Å². The zero-order valence-corrected chi connectivity index (χ0v) is 12.8. The van der Waals surface area contributed by atoms with Crippen molar-refractivity contribution >= 4 is 27.5 Å². The Morgan fingerprint density at radius 3 is 2.68 bits per heavy atom. The molecule has 0 aliphatic heterocycles. The number of carbonyl (C=O) groups is 1. The molecule has 0 unspecified atom stereocenters. The van der Waals surface area contributed by atoms with Gasteiger partial charge in [0.05, 0.1) is 18.2 Å². The average Bonchev–Trinajstić information content (AvgIpc) is 2.31. The molecular formula is C14H19BrN2O2. The third-order valence-corrected chi connectivity index (χ3v) is 4.36. The van der Waals surface area contributed by atoms with E-state index in [9.17, 15) is 4.79 Å². The monoisotopic (exact) mass is 326 g/mol. The Bertz CT molecular complexity index is 493. The van der Waals surface area contributed by atoms with Crippen molar-refractivity contribution in [3.63, 3.8) is 0 Å². The van der Waals surface area contributed by atoms with Crippen molar-refractivity contribution in [3.05, 3.63) is 22.2 Å². The number of anilines is 1. The second-order valence-electron chi connectivity index (χ2n) is 5.09. The highest BCUT2D eigenvalue weighted by atomic mass is 79.9. The molecule has 0 heterocycles. The minimum Gasteiger partial charge on any atom is -0.495 e. The van der Waals surface area contributed by atoms with Crippen LogP contribution in [0.2, 0.25) is 0 Å². The lowest BCUT2D eigenvalue weighted by atomic mass is 9.68. The van der Waals surface area contributed by atoms with Crippen molar-refractivity contribution < 1.29 is 9.53 Å². The number of aryl methyl sites for hydroxylation is 1. The largest absolute Gasteiger partial charge is 0.495 e. The van der Waals surface area contributed by atoms with E-state index in [0.29, 0.717) is 12.3 Å². The predicted octanol–water partition coefficient (Wildman–Crippen LogP) is 2.83. The third-order valence-electron chi connectivity index (χ3n) is 3.91. The molecule has 0 spiro atoms. The predicted molar refractivity (Wildman–Crippen MR) is 79.4 cm³/mol. The highest BCUT2D eigenvalue weighted by Gasteiger charge is 2.43. The van der Waals surface area contributed by atoms with Crippen LogP contribution in [0.5, 0.6) is 5.75 Å². The van der Waals surface area contributed by atoms with Crippen LogP contribution in [0, 0.1) is 12.3 Å². The van der Waals surface area contributed by atoms with Crippen LogP contribution in [0.15, 0.2) is 16.6 Å². The third kappa shape index (κ3) is 2.62. The van der Waals surface area contributed by atoms with Crippen molar-refractivity contribution in [1.29, 1.82) is 0 Å². The van der Waals surface area contributed by atoms with Gasteiger partial charge in [0.1, 0.15) is 5.75 Å². The van der Waals surface area contributed by atoms with Crippen molar-refractivity contribution in [1.82, 2.24) is 0 Å². The lowest BCUT2D eigenvalue weighted by Gasteiger charge is -2.39. The van der Waals surface area contributed by atoms with Crippen molar-refractivity contribution in [2.24, 2.45) is 11.1 Å². The van der Waals surface area contributed by atoms with Crippen molar-refractivity contribution in [2.45, 2.75) is 26.2 Å². The molecule has 0 bridgehead atoms. The highest BCUT2D eigenvalue weighted by molar-refractivity contribution is 9.10. The standard InChI is InChI=1S/C14H19BrN2O2/c1-9-6-10(15)7-11(19-2)12(9)17-13(18)14(8-16)4-3-5-14/h6-7H,3-5,8,16H2,1-2H3,(H,17,18). The van der Waals surface area contributed by atoms with Crippen LogP contribution in [-0.2, 0) is 4.79 Å². The van der Waals surface area contributed by atoms with Crippen LogP contribution < -0.4 is 15.8 Å². The Kier molecular flexibility index (Phi) is 4.16. The fourth-order valence-electron chi connectivity index (χ4n) is 2.41. The van der Waals surface area contributed by atoms with E-state index in [2.05, 4.69) is 21.2 Å². The second-order valence-corrected chi connectivity index (χ2v) is 6.01. The zero-order valence-electron chi connectivity index (χ0n) is 11.3. The van der Waals surface area contributed by atoms with Crippen LogP contribution >= 0.6 is 15.9 Å². The van der Waals surface area contributed by atoms with E-state index >= 15 is 0 Å². The van der Waals surface area contributed by atoms with Gasteiger partial charge in [0, 0.05) is 11.0 Å². The lowest BCUT2D eigenvalue weighted by Crippen LogP contribution is -2.47. The quantitative estimate of drug-likeness (QED) is 0.894. The van der Waals surface area contributed by atoms with Crippen LogP contribution in [0.1, 0.15) is 24.8 Å². The van der Waals surface area contributed by atoms with E-state index in [1.165, 1.54) is 0 Å². The molecule has 1 aromatic carbocycles. The SMILES string of the molecule is COc1cc(Br)cc(C)c1NC(=O)C1(CN)CCC1. The fraction of sp³-hybridized carbons (Fsp3) is 0.500. The highest BCUT2D eigenvalue weighted by Crippen LogP contribution is 2.42.